The minimum atomic E-state index is -0.592. The summed E-state index contributed by atoms with van der Waals surface area (Å²) < 4.78 is 10.2. The molecule has 7 heteroatoms. The summed E-state index contributed by atoms with van der Waals surface area (Å²) in [5, 5.41) is 18.3. The lowest BCUT2D eigenvalue weighted by Crippen LogP contribution is -2.36. The molecule has 1 aliphatic heterocycles. The fourth-order valence-corrected chi connectivity index (χ4v) is 2.09. The molecule has 0 atom stereocenters. The van der Waals surface area contributed by atoms with Gasteiger partial charge in [0.2, 0.25) is 0 Å². The first-order valence-electron chi connectivity index (χ1n) is 6.45. The number of esters is 1. The van der Waals surface area contributed by atoms with E-state index in [0.29, 0.717) is 13.2 Å². The Labute approximate surface area is 116 Å². The molecule has 0 aromatic heterocycles. The van der Waals surface area contributed by atoms with Crippen LogP contribution >= 0.6 is 0 Å². The van der Waals surface area contributed by atoms with Crippen LogP contribution in [-0.4, -0.2) is 49.3 Å². The highest BCUT2D eigenvalue weighted by Crippen LogP contribution is 2.26. The molecule has 0 radical (unpaired) electrons. The van der Waals surface area contributed by atoms with E-state index in [1.165, 1.54) is 6.07 Å². The fourth-order valence-electron chi connectivity index (χ4n) is 2.09. The number of nitrogens with zero attached hydrogens (tertiary/aromatic N) is 2. The van der Waals surface area contributed by atoms with E-state index >= 15 is 0 Å². The third kappa shape index (κ3) is 3.19. The zero-order chi connectivity index (χ0) is 14.5. The molecule has 1 aromatic carbocycles. The van der Waals surface area contributed by atoms with Crippen LogP contribution in [0.4, 0.5) is 11.4 Å². The average Bonchev–Trinajstić information content (AvgIpc) is 2.47. The van der Waals surface area contributed by atoms with Crippen molar-refractivity contribution in [3.8, 4) is 0 Å². The lowest BCUT2D eigenvalue weighted by molar-refractivity contribution is 0.0267. The number of carbonyl (C=O) groups excluding carboxylic acids is 1. The van der Waals surface area contributed by atoms with Crippen LogP contribution in [0.1, 0.15) is 17.3 Å². The van der Waals surface area contributed by atoms with Gasteiger partial charge < -0.3 is 14.4 Å². The Morgan fingerprint density at radius 1 is 1.40 bits per heavy atom. The zero-order valence-corrected chi connectivity index (χ0v) is 11.3. The summed E-state index contributed by atoms with van der Waals surface area (Å²) in [4.78, 5) is 14.0. The van der Waals surface area contributed by atoms with Gasteiger partial charge in [0.25, 0.3) is 0 Å². The number of carbonyl (C=O) groups is 1. The molecule has 0 amide bonds. The highest BCUT2D eigenvalue weighted by atomic mass is 16.8. The average molecular weight is 282 g/mol. The van der Waals surface area contributed by atoms with Gasteiger partial charge >= 0.3 is 5.97 Å². The second-order valence-corrected chi connectivity index (χ2v) is 4.31. The van der Waals surface area contributed by atoms with Crippen molar-refractivity contribution in [2.24, 2.45) is 0 Å². The molecule has 1 saturated heterocycles. The highest BCUT2D eigenvalue weighted by molar-refractivity contribution is 5.96. The van der Waals surface area contributed by atoms with E-state index < -0.39 is 5.97 Å². The standard InChI is InChI=1S/C13H18N2O5/c1-2-20-13(16)11-9-10(3-4-12(11)15(17)18)14-5-7-19-8-6-14/h3-4,9,17-18H,2,5-8H2,1H3. The first-order valence-corrected chi connectivity index (χ1v) is 6.45. The van der Waals surface area contributed by atoms with Crippen molar-refractivity contribution in [3.63, 3.8) is 0 Å². The van der Waals surface area contributed by atoms with E-state index in [4.69, 9.17) is 9.47 Å². The number of morpholine rings is 1. The van der Waals surface area contributed by atoms with Gasteiger partial charge in [-0.2, -0.15) is 0 Å². The van der Waals surface area contributed by atoms with Crippen LogP contribution in [-0.2, 0) is 9.47 Å². The van der Waals surface area contributed by atoms with E-state index in [1.807, 2.05) is 0 Å². The maximum atomic E-state index is 11.9. The van der Waals surface area contributed by atoms with Crippen molar-refractivity contribution in [2.75, 3.05) is 43.0 Å². The summed E-state index contributed by atoms with van der Waals surface area (Å²) in [5.41, 5.74) is 0.920. The Morgan fingerprint density at radius 2 is 2.10 bits per heavy atom. The third-order valence-electron chi connectivity index (χ3n) is 3.07. The van der Waals surface area contributed by atoms with Crippen molar-refractivity contribution in [1.29, 1.82) is 0 Å². The molecule has 0 saturated carbocycles. The van der Waals surface area contributed by atoms with Crippen LogP contribution in [0.3, 0.4) is 0 Å². The summed E-state index contributed by atoms with van der Waals surface area (Å²) in [5.74, 6) is -0.592. The van der Waals surface area contributed by atoms with Crippen molar-refractivity contribution >= 4 is 17.3 Å². The van der Waals surface area contributed by atoms with E-state index in [-0.39, 0.29) is 23.1 Å². The van der Waals surface area contributed by atoms with Gasteiger partial charge in [-0.15, -0.1) is 5.23 Å². The molecule has 0 bridgehead atoms. The lowest BCUT2D eigenvalue weighted by Gasteiger charge is -2.29. The lowest BCUT2D eigenvalue weighted by atomic mass is 10.1. The second-order valence-electron chi connectivity index (χ2n) is 4.31. The summed E-state index contributed by atoms with van der Waals surface area (Å²) in [6.45, 7) is 4.62. The van der Waals surface area contributed by atoms with Gasteiger partial charge in [0.15, 0.2) is 0 Å². The maximum absolute atomic E-state index is 11.9. The van der Waals surface area contributed by atoms with E-state index in [9.17, 15) is 15.2 Å². The summed E-state index contributed by atoms with van der Waals surface area (Å²) in [6.07, 6.45) is 0. The quantitative estimate of drug-likeness (QED) is 0.636. The predicted molar refractivity (Wildman–Crippen MR) is 71.5 cm³/mol. The first kappa shape index (κ1) is 14.6. The Balaban J connectivity index is 2.31. The van der Waals surface area contributed by atoms with Gasteiger partial charge in [-0.1, -0.05) is 0 Å². The first-order chi connectivity index (χ1) is 9.63. The van der Waals surface area contributed by atoms with Gasteiger partial charge in [-0.05, 0) is 25.1 Å². The summed E-state index contributed by atoms with van der Waals surface area (Å²) in [6, 6.07) is 4.79. The zero-order valence-electron chi connectivity index (χ0n) is 11.3. The van der Waals surface area contributed by atoms with Gasteiger partial charge in [-0.3, -0.25) is 10.4 Å². The SMILES string of the molecule is CCOC(=O)c1cc(N2CCOCC2)ccc1N(O)O. The van der Waals surface area contributed by atoms with Gasteiger partial charge in [0, 0.05) is 18.8 Å². The van der Waals surface area contributed by atoms with E-state index in [1.54, 1.807) is 19.1 Å². The largest absolute Gasteiger partial charge is 0.462 e. The maximum Gasteiger partial charge on any atom is 0.340 e. The van der Waals surface area contributed by atoms with Gasteiger partial charge in [-0.25, -0.2) is 4.79 Å². The topological polar surface area (TPSA) is 82.5 Å². The number of anilines is 2. The number of ether oxygens (including phenoxy) is 2. The molecule has 2 N–H and O–H groups in total. The number of hydrogen-bond acceptors (Lipinski definition) is 7. The minimum absolute atomic E-state index is 0.0135. The van der Waals surface area contributed by atoms with Crippen LogP contribution < -0.4 is 10.1 Å². The number of benzene rings is 1. The summed E-state index contributed by atoms with van der Waals surface area (Å²) in [7, 11) is 0. The predicted octanol–water partition coefficient (Wildman–Crippen LogP) is 1.28. The number of hydrogen-bond donors (Lipinski definition) is 2. The second kappa shape index (κ2) is 6.56. The molecule has 0 unspecified atom stereocenters. The molecular weight excluding hydrogens is 264 g/mol. The van der Waals surface area contributed by atoms with Crippen LogP contribution in [0.15, 0.2) is 18.2 Å². The van der Waals surface area contributed by atoms with Crippen molar-refractivity contribution < 1.29 is 24.7 Å². The highest BCUT2D eigenvalue weighted by Gasteiger charge is 2.19. The normalized spacial score (nSPS) is 15.1. The van der Waals surface area contributed by atoms with E-state index in [0.717, 1.165) is 18.8 Å². The molecule has 1 heterocycles. The molecule has 1 fully saturated rings. The molecule has 7 nitrogen and oxygen atoms in total. The number of rotatable bonds is 4. The molecule has 0 aliphatic carbocycles. The molecule has 20 heavy (non-hydrogen) atoms. The Morgan fingerprint density at radius 3 is 2.70 bits per heavy atom. The monoisotopic (exact) mass is 282 g/mol. The Kier molecular flexibility index (Phi) is 4.78. The minimum Gasteiger partial charge on any atom is -0.462 e. The van der Waals surface area contributed by atoms with Crippen LogP contribution in [0, 0.1) is 0 Å². The molecule has 1 aliphatic rings. The summed E-state index contributed by atoms with van der Waals surface area (Å²) >= 11 is 0. The van der Waals surface area contributed by atoms with Crippen LogP contribution in [0.2, 0.25) is 0 Å². The van der Waals surface area contributed by atoms with Gasteiger partial charge in [0.05, 0.1) is 25.4 Å². The Hall–Kier alpha value is -1.83. The molecule has 0 spiro atoms. The molecule has 1 aromatic rings. The molecule has 2 rings (SSSR count). The van der Waals surface area contributed by atoms with Crippen LogP contribution in [0.5, 0.6) is 0 Å². The Bertz CT molecular complexity index is 472. The van der Waals surface area contributed by atoms with Crippen molar-refractivity contribution in [2.45, 2.75) is 6.92 Å². The van der Waals surface area contributed by atoms with E-state index in [2.05, 4.69) is 4.90 Å². The fraction of sp³-hybridized carbons (Fsp3) is 0.462. The molecule has 110 valence electrons. The molecular formula is C13H18N2O5. The van der Waals surface area contributed by atoms with Gasteiger partial charge in [0.1, 0.15) is 5.69 Å². The smallest absolute Gasteiger partial charge is 0.340 e. The van der Waals surface area contributed by atoms with Crippen molar-refractivity contribution in [1.82, 2.24) is 0 Å². The van der Waals surface area contributed by atoms with Crippen molar-refractivity contribution in [3.05, 3.63) is 23.8 Å². The van der Waals surface area contributed by atoms with Crippen LogP contribution in [0.25, 0.3) is 0 Å². The third-order valence-corrected chi connectivity index (χ3v) is 3.07.